The number of benzene rings is 1. The van der Waals surface area contributed by atoms with Gasteiger partial charge in [0, 0.05) is 19.2 Å². The van der Waals surface area contributed by atoms with E-state index in [2.05, 4.69) is 10.1 Å². The predicted molar refractivity (Wildman–Crippen MR) is 61.1 cm³/mol. The predicted octanol–water partition coefficient (Wildman–Crippen LogP) is 2.45. The van der Waals surface area contributed by atoms with Crippen LogP contribution in [0.2, 0.25) is 0 Å². The smallest absolute Gasteiger partial charge is 0.406 e. The number of rotatable bonds is 6. The Hall–Kier alpha value is -1.27. The molecule has 18 heavy (non-hydrogen) atoms. The number of nitrogens with one attached hydrogen (secondary N) is 1. The minimum atomic E-state index is -4.66. The summed E-state index contributed by atoms with van der Waals surface area (Å²) in [5.74, 6) is -0.227. The van der Waals surface area contributed by atoms with E-state index < -0.39 is 6.36 Å². The second-order valence-corrected chi connectivity index (χ2v) is 3.99. The summed E-state index contributed by atoms with van der Waals surface area (Å²) < 4.78 is 39.5. The molecule has 0 amide bonds. The van der Waals surface area contributed by atoms with Crippen LogP contribution in [0.25, 0.3) is 0 Å². The van der Waals surface area contributed by atoms with Crippen LogP contribution in [-0.4, -0.2) is 24.1 Å². The Morgan fingerprint density at radius 3 is 2.39 bits per heavy atom. The lowest BCUT2D eigenvalue weighted by Gasteiger charge is -2.13. The molecule has 1 aromatic carbocycles. The number of aliphatic hydroxyl groups excluding tert-OH is 1. The molecule has 0 bridgehead atoms. The lowest BCUT2D eigenvalue weighted by atomic mass is 10.2. The molecule has 0 saturated carbocycles. The Labute approximate surface area is 104 Å². The van der Waals surface area contributed by atoms with E-state index in [0.717, 1.165) is 5.56 Å². The second kappa shape index (κ2) is 6.61. The molecule has 0 aliphatic carbocycles. The van der Waals surface area contributed by atoms with Gasteiger partial charge in [-0.25, -0.2) is 0 Å². The summed E-state index contributed by atoms with van der Waals surface area (Å²) in [6, 6.07) is 5.85. The van der Waals surface area contributed by atoms with Gasteiger partial charge in [-0.2, -0.15) is 0 Å². The van der Waals surface area contributed by atoms with Crippen LogP contribution in [0.5, 0.6) is 5.75 Å². The molecule has 0 aliphatic heterocycles. The zero-order valence-corrected chi connectivity index (χ0v) is 10.00. The lowest BCUT2D eigenvalue weighted by Crippen LogP contribution is -2.26. The molecular weight excluding hydrogens is 247 g/mol. The number of ether oxygens (including phenoxy) is 1. The van der Waals surface area contributed by atoms with Gasteiger partial charge >= 0.3 is 6.36 Å². The molecule has 1 atom stereocenters. The Bertz CT molecular complexity index is 351. The molecule has 0 aromatic heterocycles. The summed E-state index contributed by atoms with van der Waals surface area (Å²) in [6.07, 6.45) is -4.02. The fourth-order valence-electron chi connectivity index (χ4n) is 1.40. The normalized spacial score (nSPS) is 13.4. The summed E-state index contributed by atoms with van der Waals surface area (Å²) in [7, 11) is 0. The summed E-state index contributed by atoms with van der Waals surface area (Å²) in [5, 5.41) is 11.9. The third kappa shape index (κ3) is 5.88. The molecule has 1 unspecified atom stereocenters. The minimum absolute atomic E-state index is 0.104. The van der Waals surface area contributed by atoms with Crippen molar-refractivity contribution in [3.8, 4) is 5.75 Å². The third-order valence-corrected chi connectivity index (χ3v) is 2.37. The summed E-state index contributed by atoms with van der Waals surface area (Å²) >= 11 is 0. The van der Waals surface area contributed by atoms with Gasteiger partial charge < -0.3 is 15.2 Å². The first-order valence-electron chi connectivity index (χ1n) is 5.59. The molecule has 0 saturated heterocycles. The van der Waals surface area contributed by atoms with Crippen LogP contribution in [0.3, 0.4) is 0 Å². The van der Waals surface area contributed by atoms with E-state index in [-0.39, 0.29) is 18.4 Å². The number of halogens is 3. The highest BCUT2D eigenvalue weighted by Gasteiger charge is 2.30. The molecule has 0 heterocycles. The molecular formula is C12H16F3NO2. The van der Waals surface area contributed by atoms with Gasteiger partial charge in [0.05, 0.1) is 0 Å². The van der Waals surface area contributed by atoms with Gasteiger partial charge in [0.15, 0.2) is 0 Å². The van der Waals surface area contributed by atoms with Crippen molar-refractivity contribution in [2.45, 2.75) is 32.3 Å². The molecule has 1 rings (SSSR count). The van der Waals surface area contributed by atoms with Gasteiger partial charge in [-0.15, -0.1) is 13.2 Å². The second-order valence-electron chi connectivity index (χ2n) is 3.99. The zero-order chi connectivity index (χ0) is 13.6. The summed E-state index contributed by atoms with van der Waals surface area (Å²) in [4.78, 5) is 0. The number of hydrogen-bond donors (Lipinski definition) is 2. The molecule has 0 fully saturated rings. The van der Waals surface area contributed by atoms with Gasteiger partial charge in [0.25, 0.3) is 0 Å². The monoisotopic (exact) mass is 263 g/mol. The fraction of sp³-hybridized carbons (Fsp3) is 0.500. The summed E-state index contributed by atoms with van der Waals surface area (Å²) in [6.45, 7) is 2.57. The number of aliphatic hydroxyl groups is 1. The number of alkyl halides is 3. The first kappa shape index (κ1) is 14.8. The van der Waals surface area contributed by atoms with Crippen molar-refractivity contribution in [3.63, 3.8) is 0 Å². The Morgan fingerprint density at radius 1 is 1.28 bits per heavy atom. The average Bonchev–Trinajstić information content (AvgIpc) is 2.26. The standard InChI is InChI=1S/C12H16F3NO2/c1-9(6-7-17)16-8-10-2-4-11(5-3-10)18-12(13,14)15/h2-5,9,16-17H,6-8H2,1H3. The van der Waals surface area contributed by atoms with Crippen molar-refractivity contribution in [2.75, 3.05) is 6.61 Å². The van der Waals surface area contributed by atoms with Crippen molar-refractivity contribution in [1.82, 2.24) is 5.32 Å². The molecule has 1 aromatic rings. The van der Waals surface area contributed by atoms with Crippen molar-refractivity contribution in [2.24, 2.45) is 0 Å². The SMILES string of the molecule is CC(CCO)NCc1ccc(OC(F)(F)F)cc1. The van der Waals surface area contributed by atoms with Gasteiger partial charge in [-0.05, 0) is 31.0 Å². The lowest BCUT2D eigenvalue weighted by molar-refractivity contribution is -0.274. The molecule has 6 heteroatoms. The van der Waals surface area contributed by atoms with Gasteiger partial charge in [0.2, 0.25) is 0 Å². The van der Waals surface area contributed by atoms with Crippen LogP contribution < -0.4 is 10.1 Å². The Balaban J connectivity index is 2.45. The Kier molecular flexibility index (Phi) is 5.43. The highest BCUT2D eigenvalue weighted by atomic mass is 19.4. The van der Waals surface area contributed by atoms with Crippen molar-refractivity contribution >= 4 is 0 Å². The molecule has 3 nitrogen and oxygen atoms in total. The highest BCUT2D eigenvalue weighted by Crippen LogP contribution is 2.22. The largest absolute Gasteiger partial charge is 0.573 e. The zero-order valence-electron chi connectivity index (χ0n) is 10.00. The van der Waals surface area contributed by atoms with Crippen LogP contribution in [0.4, 0.5) is 13.2 Å². The van der Waals surface area contributed by atoms with E-state index >= 15 is 0 Å². The molecule has 102 valence electrons. The van der Waals surface area contributed by atoms with Crippen molar-refractivity contribution < 1.29 is 23.0 Å². The van der Waals surface area contributed by atoms with E-state index in [1.54, 1.807) is 12.1 Å². The van der Waals surface area contributed by atoms with Crippen LogP contribution in [-0.2, 0) is 6.54 Å². The van der Waals surface area contributed by atoms with Crippen molar-refractivity contribution in [3.05, 3.63) is 29.8 Å². The average molecular weight is 263 g/mol. The number of hydrogen-bond acceptors (Lipinski definition) is 3. The highest BCUT2D eigenvalue weighted by molar-refractivity contribution is 5.27. The van der Waals surface area contributed by atoms with Gasteiger partial charge in [0.1, 0.15) is 5.75 Å². The van der Waals surface area contributed by atoms with Crippen LogP contribution in [0.1, 0.15) is 18.9 Å². The summed E-state index contributed by atoms with van der Waals surface area (Å²) in [5.41, 5.74) is 0.856. The fourth-order valence-corrected chi connectivity index (χ4v) is 1.40. The van der Waals surface area contributed by atoms with Crippen LogP contribution >= 0.6 is 0 Å². The first-order valence-corrected chi connectivity index (χ1v) is 5.59. The van der Waals surface area contributed by atoms with E-state index in [1.165, 1.54) is 12.1 Å². The topological polar surface area (TPSA) is 41.5 Å². The minimum Gasteiger partial charge on any atom is -0.406 e. The maximum atomic E-state index is 11.9. The molecule has 0 radical (unpaired) electrons. The maximum Gasteiger partial charge on any atom is 0.573 e. The van der Waals surface area contributed by atoms with E-state index in [9.17, 15) is 13.2 Å². The van der Waals surface area contributed by atoms with Crippen LogP contribution in [0.15, 0.2) is 24.3 Å². The van der Waals surface area contributed by atoms with E-state index in [4.69, 9.17) is 5.11 Å². The van der Waals surface area contributed by atoms with Crippen molar-refractivity contribution in [1.29, 1.82) is 0 Å². The van der Waals surface area contributed by atoms with E-state index in [1.807, 2.05) is 6.92 Å². The van der Waals surface area contributed by atoms with Gasteiger partial charge in [-0.1, -0.05) is 12.1 Å². The molecule has 0 aliphatic rings. The maximum absolute atomic E-state index is 11.9. The van der Waals surface area contributed by atoms with Crippen LogP contribution in [0, 0.1) is 0 Å². The molecule has 2 N–H and O–H groups in total. The van der Waals surface area contributed by atoms with E-state index in [0.29, 0.717) is 13.0 Å². The quantitative estimate of drug-likeness (QED) is 0.828. The Morgan fingerprint density at radius 2 is 1.89 bits per heavy atom. The third-order valence-electron chi connectivity index (χ3n) is 2.37. The molecule has 0 spiro atoms. The van der Waals surface area contributed by atoms with Gasteiger partial charge in [-0.3, -0.25) is 0 Å². The first-order chi connectivity index (χ1) is 8.40.